The summed E-state index contributed by atoms with van der Waals surface area (Å²) in [5.41, 5.74) is 1.19. The van der Waals surface area contributed by atoms with E-state index >= 15 is 0 Å². The molecule has 0 amide bonds. The maximum absolute atomic E-state index is 10.1. The van der Waals surface area contributed by atoms with Crippen molar-refractivity contribution in [3.8, 4) is 0 Å². The molecule has 4 atom stereocenters. The quantitative estimate of drug-likeness (QED) is 0.679. The number of hydrogen-bond acceptors (Lipinski definition) is 8. The number of imidazole rings is 1. The van der Waals surface area contributed by atoms with Gasteiger partial charge in [0.05, 0.1) is 12.9 Å². The van der Waals surface area contributed by atoms with Crippen LogP contribution in [0.25, 0.3) is 11.2 Å². The van der Waals surface area contributed by atoms with Crippen LogP contribution in [0.15, 0.2) is 12.7 Å². The average Bonchev–Trinajstić information content (AvgIpc) is 3.08. The Morgan fingerprint density at radius 2 is 2.23 bits per heavy atom. The highest BCUT2D eigenvalue weighted by Gasteiger charge is 2.45. The highest BCUT2D eigenvalue weighted by atomic mass is 16.6. The van der Waals surface area contributed by atoms with Gasteiger partial charge in [0.2, 0.25) is 0 Å². The predicted octanol–water partition coefficient (Wildman–Crippen LogP) is -0.476. The molecule has 9 heteroatoms. The zero-order valence-electron chi connectivity index (χ0n) is 12.4. The lowest BCUT2D eigenvalue weighted by Gasteiger charge is -2.19. The van der Waals surface area contributed by atoms with Gasteiger partial charge >= 0.3 is 0 Å². The van der Waals surface area contributed by atoms with Gasteiger partial charge in [-0.3, -0.25) is 4.57 Å². The molecule has 2 aromatic rings. The molecule has 9 nitrogen and oxygen atoms in total. The first kappa shape index (κ1) is 15.1. The minimum atomic E-state index is -0.924. The zero-order chi connectivity index (χ0) is 15.7. The topological polar surface area (TPSA) is 115 Å². The number of ether oxygens (including phenoxy) is 2. The summed E-state index contributed by atoms with van der Waals surface area (Å²) in [4.78, 5) is 12.7. The Kier molecular flexibility index (Phi) is 4.21. The van der Waals surface area contributed by atoms with Crippen molar-refractivity contribution in [2.24, 2.45) is 0 Å². The molecule has 1 aliphatic heterocycles. The van der Waals surface area contributed by atoms with E-state index in [0.29, 0.717) is 23.5 Å². The molecule has 2 aromatic heterocycles. The van der Waals surface area contributed by atoms with E-state index in [1.165, 1.54) is 13.4 Å². The van der Waals surface area contributed by atoms with Crippen LogP contribution in [0.5, 0.6) is 0 Å². The first-order valence-electron chi connectivity index (χ1n) is 7.09. The SMILES string of the molecule is CCNc1ncnc2c1ncn2[C@@H]1O[C@H](CO)[C@@H](O)[C@H]1OC. The standard InChI is InChI=1S/C13H19N5O4/c1-3-14-11-8-12(16-5-15-11)18(6-17-8)13-10(21-2)9(20)7(4-19)22-13/h5-7,9-10,13,19-20H,3-4H2,1-2H3,(H,14,15,16)/t7-,9-,10-,13-/m1/s1. The second-order valence-corrected chi connectivity index (χ2v) is 5.02. The smallest absolute Gasteiger partial charge is 0.167 e. The van der Waals surface area contributed by atoms with Crippen molar-refractivity contribution in [2.75, 3.05) is 25.6 Å². The summed E-state index contributed by atoms with van der Waals surface area (Å²) >= 11 is 0. The number of nitrogens with one attached hydrogen (secondary N) is 1. The lowest BCUT2D eigenvalue weighted by Crippen LogP contribution is -2.34. The summed E-state index contributed by atoms with van der Waals surface area (Å²) in [5, 5.41) is 22.6. The molecule has 1 aliphatic rings. The molecule has 0 bridgehead atoms. The summed E-state index contributed by atoms with van der Waals surface area (Å²) in [7, 11) is 1.49. The zero-order valence-corrected chi connectivity index (χ0v) is 12.4. The number of hydrogen-bond donors (Lipinski definition) is 3. The largest absolute Gasteiger partial charge is 0.394 e. The molecule has 0 saturated carbocycles. The highest BCUT2D eigenvalue weighted by molar-refractivity contribution is 5.82. The average molecular weight is 309 g/mol. The van der Waals surface area contributed by atoms with Crippen LogP contribution in [0.3, 0.4) is 0 Å². The van der Waals surface area contributed by atoms with E-state index in [2.05, 4.69) is 20.3 Å². The third-order valence-electron chi connectivity index (χ3n) is 3.74. The number of aromatic nitrogens is 4. The van der Waals surface area contributed by atoms with Crippen molar-refractivity contribution in [3.05, 3.63) is 12.7 Å². The molecule has 0 aromatic carbocycles. The first-order chi connectivity index (χ1) is 10.7. The van der Waals surface area contributed by atoms with Gasteiger partial charge in [0.15, 0.2) is 23.2 Å². The maximum atomic E-state index is 10.1. The fourth-order valence-corrected chi connectivity index (χ4v) is 2.68. The van der Waals surface area contributed by atoms with Gasteiger partial charge in [0, 0.05) is 13.7 Å². The molecule has 120 valence electrons. The molecule has 0 unspecified atom stereocenters. The molecule has 3 rings (SSSR count). The van der Waals surface area contributed by atoms with E-state index in [1.54, 1.807) is 10.9 Å². The van der Waals surface area contributed by atoms with Crippen LogP contribution in [-0.4, -0.2) is 68.3 Å². The minimum Gasteiger partial charge on any atom is -0.394 e. The van der Waals surface area contributed by atoms with Crippen molar-refractivity contribution in [1.29, 1.82) is 0 Å². The Morgan fingerprint density at radius 1 is 1.41 bits per heavy atom. The Bertz CT molecular complexity index is 648. The second-order valence-electron chi connectivity index (χ2n) is 5.02. The van der Waals surface area contributed by atoms with Crippen LogP contribution >= 0.6 is 0 Å². The van der Waals surface area contributed by atoms with Gasteiger partial charge in [0.1, 0.15) is 24.6 Å². The monoisotopic (exact) mass is 309 g/mol. The van der Waals surface area contributed by atoms with E-state index in [1.807, 2.05) is 6.92 Å². The number of fused-ring (bicyclic) bond motifs is 1. The predicted molar refractivity (Wildman–Crippen MR) is 77.3 cm³/mol. The fourth-order valence-electron chi connectivity index (χ4n) is 2.68. The van der Waals surface area contributed by atoms with Gasteiger partial charge in [0.25, 0.3) is 0 Å². The van der Waals surface area contributed by atoms with Crippen LogP contribution < -0.4 is 5.32 Å². The molecule has 22 heavy (non-hydrogen) atoms. The molecule has 0 aliphatic carbocycles. The van der Waals surface area contributed by atoms with Gasteiger partial charge in [-0.2, -0.15) is 0 Å². The number of nitrogens with zero attached hydrogens (tertiary/aromatic N) is 4. The lowest BCUT2D eigenvalue weighted by atomic mass is 10.1. The summed E-state index contributed by atoms with van der Waals surface area (Å²) in [5.74, 6) is 0.637. The number of anilines is 1. The van der Waals surface area contributed by atoms with Gasteiger partial charge in [-0.25, -0.2) is 15.0 Å². The highest BCUT2D eigenvalue weighted by Crippen LogP contribution is 2.33. The molecule has 0 radical (unpaired) electrons. The van der Waals surface area contributed by atoms with Gasteiger partial charge in [-0.05, 0) is 6.92 Å². The van der Waals surface area contributed by atoms with E-state index < -0.39 is 24.5 Å². The Hall–Kier alpha value is -1.81. The number of aliphatic hydroxyl groups is 2. The molecule has 1 fully saturated rings. The number of rotatable bonds is 5. The van der Waals surface area contributed by atoms with Crippen LogP contribution in [0.2, 0.25) is 0 Å². The van der Waals surface area contributed by atoms with Crippen molar-refractivity contribution < 1.29 is 19.7 Å². The number of aliphatic hydroxyl groups excluding tert-OH is 2. The number of methoxy groups -OCH3 is 1. The summed E-state index contributed by atoms with van der Waals surface area (Å²) < 4.78 is 12.7. The Morgan fingerprint density at radius 3 is 2.91 bits per heavy atom. The third-order valence-corrected chi connectivity index (χ3v) is 3.74. The second kappa shape index (κ2) is 6.13. The third kappa shape index (κ3) is 2.31. The summed E-state index contributed by atoms with van der Waals surface area (Å²) in [6, 6.07) is 0. The van der Waals surface area contributed by atoms with E-state index in [-0.39, 0.29) is 6.61 Å². The van der Waals surface area contributed by atoms with Crippen LogP contribution in [0.4, 0.5) is 5.82 Å². The summed E-state index contributed by atoms with van der Waals surface area (Å²) in [6.45, 7) is 2.39. The van der Waals surface area contributed by atoms with Crippen LogP contribution in [0.1, 0.15) is 13.2 Å². The normalized spacial score (nSPS) is 28.4. The van der Waals surface area contributed by atoms with Gasteiger partial charge in [-0.1, -0.05) is 0 Å². The minimum absolute atomic E-state index is 0.290. The van der Waals surface area contributed by atoms with Crippen molar-refractivity contribution in [2.45, 2.75) is 31.5 Å². The van der Waals surface area contributed by atoms with Crippen LogP contribution in [-0.2, 0) is 9.47 Å². The van der Waals surface area contributed by atoms with E-state index in [9.17, 15) is 10.2 Å². The fraction of sp³-hybridized carbons (Fsp3) is 0.615. The molecule has 0 spiro atoms. The van der Waals surface area contributed by atoms with Gasteiger partial charge < -0.3 is 25.0 Å². The van der Waals surface area contributed by atoms with Crippen molar-refractivity contribution >= 4 is 17.0 Å². The van der Waals surface area contributed by atoms with E-state index in [0.717, 1.165) is 0 Å². The van der Waals surface area contributed by atoms with Crippen molar-refractivity contribution in [3.63, 3.8) is 0 Å². The molecule has 3 N–H and O–H groups in total. The molecule has 1 saturated heterocycles. The van der Waals surface area contributed by atoms with Crippen LogP contribution in [0, 0.1) is 0 Å². The Balaban J connectivity index is 2.01. The lowest BCUT2D eigenvalue weighted by molar-refractivity contribution is -0.0583. The molecule has 3 heterocycles. The Labute approximate surface area is 126 Å². The van der Waals surface area contributed by atoms with Gasteiger partial charge in [-0.15, -0.1) is 0 Å². The van der Waals surface area contributed by atoms with Crippen molar-refractivity contribution in [1.82, 2.24) is 19.5 Å². The first-order valence-corrected chi connectivity index (χ1v) is 7.09. The summed E-state index contributed by atoms with van der Waals surface area (Å²) in [6.07, 6.45) is 0.145. The van der Waals surface area contributed by atoms with E-state index in [4.69, 9.17) is 9.47 Å². The molecular weight excluding hydrogens is 290 g/mol. The molecular formula is C13H19N5O4. The maximum Gasteiger partial charge on any atom is 0.167 e.